The summed E-state index contributed by atoms with van der Waals surface area (Å²) in [6.07, 6.45) is 4.37. The molecule has 0 spiro atoms. The first-order valence-electron chi connectivity index (χ1n) is 11.5. The van der Waals surface area contributed by atoms with Crippen LogP contribution in [-0.4, -0.2) is 36.8 Å². The molecule has 0 saturated heterocycles. The van der Waals surface area contributed by atoms with Gasteiger partial charge < -0.3 is 10.0 Å². The highest BCUT2D eigenvalue weighted by Crippen LogP contribution is 2.37. The number of hydrogen-bond acceptors (Lipinski definition) is 5. The van der Waals surface area contributed by atoms with Gasteiger partial charge in [0.15, 0.2) is 0 Å². The zero-order chi connectivity index (χ0) is 23.6. The van der Waals surface area contributed by atoms with Crippen molar-refractivity contribution < 1.29 is 13.5 Å². The quantitative estimate of drug-likeness (QED) is 0.515. The predicted molar refractivity (Wildman–Crippen MR) is 131 cm³/mol. The maximum Gasteiger partial charge on any atom is 0.264 e. The van der Waals surface area contributed by atoms with Crippen LogP contribution in [0.5, 0.6) is 0 Å². The molecule has 0 amide bonds. The third kappa shape index (κ3) is 4.91. The molecule has 2 heterocycles. The van der Waals surface area contributed by atoms with Crippen molar-refractivity contribution in [3.63, 3.8) is 0 Å². The summed E-state index contributed by atoms with van der Waals surface area (Å²) < 4.78 is 29.0. The van der Waals surface area contributed by atoms with Gasteiger partial charge in [0.25, 0.3) is 10.0 Å². The number of aliphatic hydroxyl groups is 1. The molecule has 2 aromatic carbocycles. The van der Waals surface area contributed by atoms with Gasteiger partial charge in [0.2, 0.25) is 0 Å². The fourth-order valence-electron chi connectivity index (χ4n) is 4.25. The molecule has 1 atom stereocenters. The molecule has 4 rings (SSSR count). The first kappa shape index (κ1) is 23.3. The molecule has 176 valence electrons. The molecular weight excluding hydrogens is 436 g/mol. The van der Waals surface area contributed by atoms with E-state index < -0.39 is 16.1 Å². The molecular formula is C25H32N4O3S. The van der Waals surface area contributed by atoms with E-state index in [2.05, 4.69) is 22.0 Å². The highest BCUT2D eigenvalue weighted by Gasteiger charge is 2.30. The lowest BCUT2D eigenvalue weighted by Crippen LogP contribution is -2.35. The zero-order valence-electron chi connectivity index (χ0n) is 19.4. The van der Waals surface area contributed by atoms with Gasteiger partial charge in [-0.05, 0) is 54.7 Å². The molecule has 0 aliphatic carbocycles. The minimum Gasteiger partial charge on any atom is -0.388 e. The van der Waals surface area contributed by atoms with Crippen molar-refractivity contribution in [2.45, 2.75) is 51.2 Å². The van der Waals surface area contributed by atoms with Gasteiger partial charge in [-0.1, -0.05) is 32.9 Å². The summed E-state index contributed by atoms with van der Waals surface area (Å²) in [5.74, 6) is 0.152. The van der Waals surface area contributed by atoms with Crippen LogP contribution in [0.15, 0.2) is 59.8 Å². The molecule has 2 N–H and O–H groups in total. The van der Waals surface area contributed by atoms with E-state index in [4.69, 9.17) is 0 Å². The van der Waals surface area contributed by atoms with Crippen LogP contribution in [0.2, 0.25) is 0 Å². The van der Waals surface area contributed by atoms with E-state index in [0.717, 1.165) is 23.2 Å². The van der Waals surface area contributed by atoms with E-state index >= 15 is 0 Å². The molecule has 0 bridgehead atoms. The summed E-state index contributed by atoms with van der Waals surface area (Å²) in [6, 6.07) is 12.8. The summed E-state index contributed by atoms with van der Waals surface area (Å²) in [5, 5.41) is 17.5. The number of nitrogens with one attached hydrogen (secondary N) is 1. The molecule has 3 aromatic rings. The number of rotatable bonds is 8. The number of aryl methyl sites for hydroxylation is 1. The number of hydrogen-bond donors (Lipinski definition) is 2. The minimum absolute atomic E-state index is 0.152. The first-order chi connectivity index (χ1) is 15.8. The average Bonchev–Trinajstić information content (AvgIpc) is 3.32. The van der Waals surface area contributed by atoms with Gasteiger partial charge in [-0.25, -0.2) is 8.42 Å². The van der Waals surface area contributed by atoms with Gasteiger partial charge in [0.1, 0.15) is 0 Å². The average molecular weight is 469 g/mol. The Morgan fingerprint density at radius 1 is 1.18 bits per heavy atom. The monoisotopic (exact) mass is 468 g/mol. The molecule has 8 heteroatoms. The third-order valence-corrected chi connectivity index (χ3v) is 7.84. The van der Waals surface area contributed by atoms with Crippen molar-refractivity contribution in [1.82, 2.24) is 10.2 Å². The molecule has 1 aromatic heterocycles. The second-order valence-corrected chi connectivity index (χ2v) is 10.9. The zero-order valence-corrected chi connectivity index (χ0v) is 20.2. The fourth-order valence-corrected chi connectivity index (χ4v) is 5.91. The number of benzene rings is 2. The minimum atomic E-state index is -3.80. The van der Waals surface area contributed by atoms with Crippen LogP contribution < -0.4 is 9.21 Å². The van der Waals surface area contributed by atoms with E-state index in [1.165, 1.54) is 4.31 Å². The summed E-state index contributed by atoms with van der Waals surface area (Å²) in [7, 11) is -3.80. The van der Waals surface area contributed by atoms with Crippen LogP contribution in [0.25, 0.3) is 0 Å². The van der Waals surface area contributed by atoms with Gasteiger partial charge in [0.05, 0.1) is 22.9 Å². The smallest absolute Gasteiger partial charge is 0.264 e. The van der Waals surface area contributed by atoms with E-state index in [-0.39, 0.29) is 10.8 Å². The van der Waals surface area contributed by atoms with E-state index in [1.54, 1.807) is 18.3 Å². The molecule has 7 nitrogen and oxygen atoms in total. The standard InChI is InChI=1S/C25H32N4O3S/c1-4-19-5-7-21(8-6-19)29(16-18(2)3)33(31,32)22-9-10-24-23(13-22)25(30)11-12-28(24)17-20-14-26-27-15-20/h5-10,13-15,18,25,30H,4,11-12,16-17H2,1-3H3,(H,26,27). The SMILES string of the molecule is CCc1ccc(N(CC(C)C)S(=O)(=O)c2ccc3c(c2)C(O)CCN3Cc2cn[nH]c2)cc1. The summed E-state index contributed by atoms with van der Waals surface area (Å²) >= 11 is 0. The summed E-state index contributed by atoms with van der Waals surface area (Å²) in [4.78, 5) is 2.35. The normalized spacial score (nSPS) is 16.2. The van der Waals surface area contributed by atoms with Crippen molar-refractivity contribution in [2.24, 2.45) is 5.92 Å². The number of sulfonamides is 1. The summed E-state index contributed by atoms with van der Waals surface area (Å²) in [5.41, 5.74) is 4.36. The Morgan fingerprint density at radius 3 is 2.58 bits per heavy atom. The van der Waals surface area contributed by atoms with Crippen molar-refractivity contribution in [2.75, 3.05) is 22.3 Å². The van der Waals surface area contributed by atoms with Crippen LogP contribution in [0, 0.1) is 5.92 Å². The Bertz CT molecular complexity index is 1170. The lowest BCUT2D eigenvalue weighted by atomic mass is 9.98. The molecule has 0 fully saturated rings. The highest BCUT2D eigenvalue weighted by molar-refractivity contribution is 7.92. The molecule has 33 heavy (non-hydrogen) atoms. The predicted octanol–water partition coefficient (Wildman–Crippen LogP) is 4.27. The number of fused-ring (bicyclic) bond motifs is 1. The molecule has 1 unspecified atom stereocenters. The van der Waals surface area contributed by atoms with Crippen LogP contribution in [0.1, 0.15) is 50.0 Å². The number of aliphatic hydroxyl groups excluding tert-OH is 1. The number of aromatic amines is 1. The van der Waals surface area contributed by atoms with Gasteiger partial charge >= 0.3 is 0 Å². The number of anilines is 2. The Kier molecular flexibility index (Phi) is 6.76. The number of H-pyrrole nitrogens is 1. The van der Waals surface area contributed by atoms with Crippen molar-refractivity contribution in [3.8, 4) is 0 Å². The Balaban J connectivity index is 1.70. The highest BCUT2D eigenvalue weighted by atomic mass is 32.2. The Morgan fingerprint density at radius 2 is 1.94 bits per heavy atom. The van der Waals surface area contributed by atoms with E-state index in [0.29, 0.717) is 37.3 Å². The third-order valence-electron chi connectivity index (χ3n) is 6.05. The molecule has 0 radical (unpaired) electrons. The number of nitrogens with zero attached hydrogens (tertiary/aromatic N) is 3. The van der Waals surface area contributed by atoms with Crippen LogP contribution in [0.3, 0.4) is 0 Å². The van der Waals surface area contributed by atoms with Crippen LogP contribution in [-0.2, 0) is 23.0 Å². The molecule has 1 aliphatic rings. The van der Waals surface area contributed by atoms with Gasteiger partial charge in [-0.15, -0.1) is 0 Å². The second kappa shape index (κ2) is 9.57. The maximum absolute atomic E-state index is 13.8. The fraction of sp³-hybridized carbons (Fsp3) is 0.400. The number of aromatic nitrogens is 2. The lowest BCUT2D eigenvalue weighted by Gasteiger charge is -2.34. The topological polar surface area (TPSA) is 89.5 Å². The Labute approximate surface area is 196 Å². The van der Waals surface area contributed by atoms with Gasteiger partial charge in [-0.3, -0.25) is 9.40 Å². The lowest BCUT2D eigenvalue weighted by molar-refractivity contribution is 0.163. The van der Waals surface area contributed by atoms with Crippen LogP contribution >= 0.6 is 0 Å². The maximum atomic E-state index is 13.8. The largest absolute Gasteiger partial charge is 0.388 e. The van der Waals surface area contributed by atoms with Gasteiger partial charge in [0, 0.05) is 42.6 Å². The van der Waals surface area contributed by atoms with Crippen LogP contribution in [0.4, 0.5) is 11.4 Å². The van der Waals surface area contributed by atoms with Crippen molar-refractivity contribution >= 4 is 21.4 Å². The first-order valence-corrected chi connectivity index (χ1v) is 12.9. The molecule has 1 aliphatic heterocycles. The van der Waals surface area contributed by atoms with Crippen molar-refractivity contribution in [3.05, 3.63) is 71.5 Å². The van der Waals surface area contributed by atoms with Gasteiger partial charge in [-0.2, -0.15) is 5.10 Å². The Hall–Kier alpha value is -2.84. The van der Waals surface area contributed by atoms with E-state index in [9.17, 15) is 13.5 Å². The molecule has 0 saturated carbocycles. The van der Waals surface area contributed by atoms with E-state index in [1.807, 2.05) is 50.4 Å². The van der Waals surface area contributed by atoms with Crippen molar-refractivity contribution in [1.29, 1.82) is 0 Å². The summed E-state index contributed by atoms with van der Waals surface area (Å²) in [6.45, 7) is 7.80. The second-order valence-electron chi connectivity index (χ2n) is 9.00.